The number of nitrogens with one attached hydrogen (secondary N) is 1. The molecule has 2 aromatic heterocycles. The molecule has 2 heterocycles. The van der Waals surface area contributed by atoms with Crippen molar-refractivity contribution in [2.24, 2.45) is 0 Å². The molecule has 2 aromatic carbocycles. The van der Waals surface area contributed by atoms with Crippen molar-refractivity contribution in [3.63, 3.8) is 0 Å². The highest BCUT2D eigenvalue weighted by Gasteiger charge is 2.09. The molecule has 0 saturated carbocycles. The molecule has 4 rings (SSSR count). The van der Waals surface area contributed by atoms with Crippen LogP contribution in [0.4, 0.5) is 5.69 Å². The summed E-state index contributed by atoms with van der Waals surface area (Å²) in [6, 6.07) is 15.9. The topological polar surface area (TPSA) is 86.2 Å². The highest BCUT2D eigenvalue weighted by atomic mass is 16.5. The molecule has 0 bridgehead atoms. The van der Waals surface area contributed by atoms with Crippen LogP contribution in [0.5, 0.6) is 17.4 Å². The number of carbonyl (C=O) groups is 1. The number of rotatable bonds is 5. The van der Waals surface area contributed by atoms with Crippen LogP contribution in [0.1, 0.15) is 10.4 Å². The van der Waals surface area contributed by atoms with Gasteiger partial charge in [-0.2, -0.15) is 0 Å². The summed E-state index contributed by atoms with van der Waals surface area (Å²) in [7, 11) is 1.58. The molecule has 138 valence electrons. The van der Waals surface area contributed by atoms with Gasteiger partial charge in [-0.25, -0.2) is 4.98 Å². The van der Waals surface area contributed by atoms with Gasteiger partial charge in [0.15, 0.2) is 11.5 Å². The van der Waals surface area contributed by atoms with Gasteiger partial charge in [0.2, 0.25) is 5.88 Å². The van der Waals surface area contributed by atoms with Crippen LogP contribution in [0.3, 0.4) is 0 Å². The number of amides is 1. The monoisotopic (exact) mass is 372 g/mol. The van der Waals surface area contributed by atoms with E-state index < -0.39 is 0 Å². The van der Waals surface area contributed by atoms with Gasteiger partial charge in [0, 0.05) is 24.0 Å². The third kappa shape index (κ3) is 3.73. The number of hydrogen-bond donors (Lipinski definition) is 1. The van der Waals surface area contributed by atoms with Crippen molar-refractivity contribution < 1.29 is 14.3 Å². The zero-order valence-corrected chi connectivity index (χ0v) is 15.0. The lowest BCUT2D eigenvalue weighted by atomic mass is 10.2. The van der Waals surface area contributed by atoms with E-state index in [9.17, 15) is 4.79 Å². The third-order valence-corrected chi connectivity index (χ3v) is 4.01. The molecule has 1 amide bonds. The smallest absolute Gasteiger partial charge is 0.255 e. The van der Waals surface area contributed by atoms with Crippen molar-refractivity contribution in [2.75, 3.05) is 12.4 Å². The van der Waals surface area contributed by atoms with Gasteiger partial charge >= 0.3 is 0 Å². The first-order valence-corrected chi connectivity index (χ1v) is 8.52. The number of ether oxygens (including phenoxy) is 2. The van der Waals surface area contributed by atoms with Crippen molar-refractivity contribution in [2.45, 2.75) is 0 Å². The van der Waals surface area contributed by atoms with Crippen LogP contribution in [-0.2, 0) is 0 Å². The fraction of sp³-hybridized carbons (Fsp3) is 0.0476. The van der Waals surface area contributed by atoms with E-state index in [1.54, 1.807) is 62.0 Å². The Morgan fingerprint density at radius 3 is 2.43 bits per heavy atom. The zero-order chi connectivity index (χ0) is 19.3. The molecule has 7 nitrogen and oxygen atoms in total. The Bertz CT molecular complexity index is 1130. The lowest BCUT2D eigenvalue weighted by Crippen LogP contribution is -2.12. The number of carbonyl (C=O) groups excluding carboxylic acids is 1. The average Bonchev–Trinajstić information content (AvgIpc) is 2.75. The maximum absolute atomic E-state index is 12.5. The lowest BCUT2D eigenvalue weighted by Gasteiger charge is -2.10. The van der Waals surface area contributed by atoms with Crippen molar-refractivity contribution in [3.8, 4) is 17.4 Å². The zero-order valence-electron chi connectivity index (χ0n) is 15.0. The SMILES string of the molecule is COc1ccccc1Oc1ccc(NC(=O)c2ccc3nccnc3c2)cn1. The second-order valence-corrected chi connectivity index (χ2v) is 5.85. The van der Waals surface area contributed by atoms with E-state index in [0.717, 1.165) is 5.52 Å². The summed E-state index contributed by atoms with van der Waals surface area (Å²) < 4.78 is 11.0. The van der Waals surface area contributed by atoms with Crippen LogP contribution in [0.15, 0.2) is 73.2 Å². The number of anilines is 1. The van der Waals surface area contributed by atoms with E-state index in [2.05, 4.69) is 20.3 Å². The fourth-order valence-corrected chi connectivity index (χ4v) is 2.64. The highest BCUT2D eigenvalue weighted by Crippen LogP contribution is 2.30. The van der Waals surface area contributed by atoms with Gasteiger partial charge in [0.1, 0.15) is 0 Å². The Labute approximate surface area is 161 Å². The third-order valence-electron chi connectivity index (χ3n) is 4.01. The largest absolute Gasteiger partial charge is 0.493 e. The van der Waals surface area contributed by atoms with E-state index in [1.807, 2.05) is 12.1 Å². The molecule has 1 N–H and O–H groups in total. The Hall–Kier alpha value is -4.00. The summed E-state index contributed by atoms with van der Waals surface area (Å²) in [6.07, 6.45) is 4.74. The van der Waals surface area contributed by atoms with Crippen molar-refractivity contribution in [3.05, 3.63) is 78.8 Å². The molecule has 7 heteroatoms. The maximum atomic E-state index is 12.5. The number of methoxy groups -OCH3 is 1. The van der Waals surface area contributed by atoms with E-state index in [-0.39, 0.29) is 5.91 Å². The van der Waals surface area contributed by atoms with E-state index in [1.165, 1.54) is 6.20 Å². The first kappa shape index (κ1) is 17.4. The van der Waals surface area contributed by atoms with Gasteiger partial charge in [-0.3, -0.25) is 14.8 Å². The molecule has 4 aromatic rings. The second kappa shape index (κ2) is 7.71. The number of fused-ring (bicyclic) bond motifs is 1. The molecule has 0 radical (unpaired) electrons. The molecular weight excluding hydrogens is 356 g/mol. The molecule has 0 aliphatic rings. The van der Waals surface area contributed by atoms with Crippen molar-refractivity contribution in [1.29, 1.82) is 0 Å². The summed E-state index contributed by atoms with van der Waals surface area (Å²) >= 11 is 0. The minimum absolute atomic E-state index is 0.257. The molecule has 0 fully saturated rings. The number of benzene rings is 2. The molecule has 0 unspecified atom stereocenters. The van der Waals surface area contributed by atoms with Crippen molar-refractivity contribution >= 4 is 22.6 Å². The van der Waals surface area contributed by atoms with Crippen LogP contribution in [-0.4, -0.2) is 28.0 Å². The van der Waals surface area contributed by atoms with E-state index >= 15 is 0 Å². The minimum atomic E-state index is -0.257. The molecule has 0 spiro atoms. The van der Waals surface area contributed by atoms with Gasteiger partial charge in [-0.05, 0) is 36.4 Å². The van der Waals surface area contributed by atoms with Gasteiger partial charge in [-0.1, -0.05) is 12.1 Å². The molecular formula is C21H16N4O3. The lowest BCUT2D eigenvalue weighted by molar-refractivity contribution is 0.102. The van der Waals surface area contributed by atoms with Crippen LogP contribution in [0.25, 0.3) is 11.0 Å². The fourth-order valence-electron chi connectivity index (χ4n) is 2.64. The Morgan fingerprint density at radius 1 is 0.893 bits per heavy atom. The predicted molar refractivity (Wildman–Crippen MR) is 105 cm³/mol. The van der Waals surface area contributed by atoms with Crippen molar-refractivity contribution in [1.82, 2.24) is 15.0 Å². The van der Waals surface area contributed by atoms with Gasteiger partial charge < -0.3 is 14.8 Å². The van der Waals surface area contributed by atoms with Crippen LogP contribution < -0.4 is 14.8 Å². The molecule has 28 heavy (non-hydrogen) atoms. The van der Waals surface area contributed by atoms with E-state index in [0.29, 0.717) is 34.1 Å². The van der Waals surface area contributed by atoms with Gasteiger partial charge in [0.05, 0.1) is 30.0 Å². The second-order valence-electron chi connectivity index (χ2n) is 5.85. The standard InChI is InChI=1S/C21H16N4O3/c1-27-18-4-2-3-5-19(18)28-20-9-7-15(13-24-20)25-21(26)14-6-8-16-17(12-14)23-11-10-22-16/h2-13H,1H3,(H,25,26). The maximum Gasteiger partial charge on any atom is 0.255 e. The van der Waals surface area contributed by atoms with E-state index in [4.69, 9.17) is 9.47 Å². The van der Waals surface area contributed by atoms with Gasteiger partial charge in [0.25, 0.3) is 5.91 Å². The summed E-state index contributed by atoms with van der Waals surface area (Å²) in [6.45, 7) is 0. The summed E-state index contributed by atoms with van der Waals surface area (Å²) in [5, 5.41) is 2.81. The normalized spacial score (nSPS) is 10.5. The van der Waals surface area contributed by atoms with Crippen LogP contribution in [0.2, 0.25) is 0 Å². The predicted octanol–water partition coefficient (Wildman–Crippen LogP) is 4.08. The number of nitrogens with zero attached hydrogens (tertiary/aromatic N) is 3. The molecule has 0 atom stereocenters. The molecule has 0 saturated heterocycles. The first-order valence-electron chi connectivity index (χ1n) is 8.52. The number of aromatic nitrogens is 3. The number of pyridine rings is 1. The summed E-state index contributed by atoms with van der Waals surface area (Å²) in [4.78, 5) is 25.1. The minimum Gasteiger partial charge on any atom is -0.493 e. The van der Waals surface area contributed by atoms with Crippen LogP contribution >= 0.6 is 0 Å². The highest BCUT2D eigenvalue weighted by molar-refractivity contribution is 6.05. The Kier molecular flexibility index (Phi) is 4.79. The molecule has 0 aliphatic carbocycles. The average molecular weight is 372 g/mol. The number of para-hydroxylation sites is 2. The van der Waals surface area contributed by atoms with Crippen LogP contribution in [0, 0.1) is 0 Å². The Morgan fingerprint density at radius 2 is 1.68 bits per heavy atom. The summed E-state index contributed by atoms with van der Waals surface area (Å²) in [5.74, 6) is 1.31. The summed E-state index contributed by atoms with van der Waals surface area (Å²) in [5.41, 5.74) is 2.44. The number of hydrogen-bond acceptors (Lipinski definition) is 6. The Balaban J connectivity index is 1.47. The first-order chi connectivity index (χ1) is 13.7. The van der Waals surface area contributed by atoms with Gasteiger partial charge in [-0.15, -0.1) is 0 Å². The quantitative estimate of drug-likeness (QED) is 0.568. The molecule has 0 aliphatic heterocycles.